The van der Waals surface area contributed by atoms with E-state index in [0.717, 1.165) is 0 Å². The Balaban J connectivity index is -0.0000000540. The number of ether oxygens (including phenoxy) is 2. The first-order chi connectivity index (χ1) is 17.7. The minimum absolute atomic E-state index is 1.25. The van der Waals surface area contributed by atoms with Gasteiger partial charge in [0.25, 0.3) is 0 Å². The largest absolute Gasteiger partial charge is 0.388 e. The lowest BCUT2D eigenvalue weighted by Gasteiger charge is -1.69. The van der Waals surface area contributed by atoms with Gasteiger partial charge in [-0.15, -0.1) is 0 Å². The van der Waals surface area contributed by atoms with Crippen LogP contribution in [0.3, 0.4) is 0 Å². The molecule has 0 atom stereocenters. The second kappa shape index (κ2) is 84.8. The van der Waals surface area contributed by atoms with Crippen LogP contribution in [0, 0.1) is 0 Å². The molecule has 2 nitrogen and oxygen atoms in total. The highest BCUT2D eigenvalue weighted by Crippen LogP contribution is 1.81. The Kier molecular flexibility index (Phi) is 119. The average Bonchev–Trinajstić information content (AvgIpc) is 2.97. The number of hydrogen-bond donors (Lipinski definition) is 0. The topological polar surface area (TPSA) is 18.5 Å². The van der Waals surface area contributed by atoms with Crippen molar-refractivity contribution in [3.63, 3.8) is 0 Å². The van der Waals surface area contributed by atoms with E-state index in [2.05, 4.69) is 37.2 Å². The van der Waals surface area contributed by atoms with Gasteiger partial charge in [-0.2, -0.15) is 0 Å². The summed E-state index contributed by atoms with van der Waals surface area (Å²) >= 11 is 0. The van der Waals surface area contributed by atoms with Gasteiger partial charge in [-0.05, 0) is 0 Å². The summed E-state index contributed by atoms with van der Waals surface area (Å²) in [7, 11) is 6.50. The zero-order chi connectivity index (χ0) is 29.6. The van der Waals surface area contributed by atoms with Gasteiger partial charge in [0.1, 0.15) is 0 Å². The molecule has 0 unspecified atom stereocenters. The minimum Gasteiger partial charge on any atom is -0.388 e. The molecule has 0 aromatic heterocycles. The molecule has 0 amide bonds. The van der Waals surface area contributed by atoms with Crippen molar-refractivity contribution in [1.29, 1.82) is 0 Å². The summed E-state index contributed by atoms with van der Waals surface area (Å²) in [5.74, 6) is 0. The molecule has 0 aliphatic rings. The standard InChI is InChI=1S/3C6H6.2C3H8.2C2H6O.3C2H6/c3*1-2-4-6-5-3-1;4*1-3-2;3*1-2/h3*1-6H;2*3H2,1-2H3;2*1-2H3;3*1-2H3. The third-order valence-corrected chi connectivity index (χ3v) is 2.00. The lowest BCUT2D eigenvalue weighted by Crippen LogP contribution is -1.55. The van der Waals surface area contributed by atoms with Crippen molar-refractivity contribution in [1.82, 2.24) is 0 Å². The number of hydrogen-bond acceptors (Lipinski definition) is 2. The van der Waals surface area contributed by atoms with Crippen LogP contribution in [-0.2, 0) is 9.47 Å². The molecule has 0 saturated carbocycles. The SMILES string of the molecule is CC.CC.CC.CCC.CCC.COC.COC.c1ccccc1.c1ccccc1.c1ccccc1. The molecule has 0 aliphatic carbocycles. The predicted octanol–water partition coefficient (Wildman–Crippen LogP) is 11.5. The van der Waals surface area contributed by atoms with Gasteiger partial charge in [0, 0.05) is 28.4 Å². The maximum atomic E-state index is 4.25. The van der Waals surface area contributed by atoms with E-state index in [4.69, 9.17) is 0 Å². The lowest BCUT2D eigenvalue weighted by atomic mass is 10.4. The van der Waals surface area contributed by atoms with Crippen LogP contribution in [0.4, 0.5) is 0 Å². The van der Waals surface area contributed by atoms with Crippen LogP contribution in [0.1, 0.15) is 82.1 Å². The van der Waals surface area contributed by atoms with Crippen LogP contribution in [0.5, 0.6) is 0 Å². The van der Waals surface area contributed by atoms with Gasteiger partial charge in [0.2, 0.25) is 0 Å². The van der Waals surface area contributed by atoms with Crippen molar-refractivity contribution >= 4 is 0 Å². The molecule has 0 bridgehead atoms. The van der Waals surface area contributed by atoms with E-state index in [9.17, 15) is 0 Å². The molecular formula is C34H64O2. The molecule has 0 fully saturated rings. The lowest BCUT2D eigenvalue weighted by molar-refractivity contribution is 0.277. The van der Waals surface area contributed by atoms with Crippen molar-refractivity contribution < 1.29 is 9.47 Å². The zero-order valence-electron chi connectivity index (χ0n) is 26.6. The fraction of sp³-hybridized carbons (Fsp3) is 0.471. The van der Waals surface area contributed by atoms with E-state index >= 15 is 0 Å². The summed E-state index contributed by atoms with van der Waals surface area (Å²) in [6.07, 6.45) is 2.50. The Morgan fingerprint density at radius 3 is 0.333 bits per heavy atom. The summed E-state index contributed by atoms with van der Waals surface area (Å²) in [5.41, 5.74) is 0. The van der Waals surface area contributed by atoms with Crippen molar-refractivity contribution in [2.75, 3.05) is 28.4 Å². The molecule has 0 radical (unpaired) electrons. The minimum atomic E-state index is 1.25. The molecule has 36 heavy (non-hydrogen) atoms. The van der Waals surface area contributed by atoms with Crippen molar-refractivity contribution in [3.05, 3.63) is 109 Å². The smallest absolute Gasteiger partial charge is 0.0351 e. The van der Waals surface area contributed by atoms with Crippen LogP contribution in [-0.4, -0.2) is 28.4 Å². The van der Waals surface area contributed by atoms with Crippen LogP contribution < -0.4 is 0 Å². The Morgan fingerprint density at radius 2 is 0.306 bits per heavy atom. The Bertz CT molecular complexity index is 350. The fourth-order valence-electron chi connectivity index (χ4n) is 1.15. The van der Waals surface area contributed by atoms with Crippen LogP contribution >= 0.6 is 0 Å². The highest BCUT2D eigenvalue weighted by molar-refractivity contribution is 5.00. The normalized spacial score (nSPS) is 6.50. The van der Waals surface area contributed by atoms with E-state index < -0.39 is 0 Å². The summed E-state index contributed by atoms with van der Waals surface area (Å²) in [4.78, 5) is 0. The van der Waals surface area contributed by atoms with Crippen LogP contribution in [0.25, 0.3) is 0 Å². The van der Waals surface area contributed by atoms with Gasteiger partial charge in [-0.25, -0.2) is 0 Å². The van der Waals surface area contributed by atoms with E-state index in [-0.39, 0.29) is 0 Å². The van der Waals surface area contributed by atoms with Gasteiger partial charge in [0.15, 0.2) is 0 Å². The van der Waals surface area contributed by atoms with Crippen LogP contribution in [0.2, 0.25) is 0 Å². The molecule has 3 aromatic rings. The van der Waals surface area contributed by atoms with E-state index in [1.54, 1.807) is 28.4 Å². The fourth-order valence-corrected chi connectivity index (χ4v) is 1.15. The maximum Gasteiger partial charge on any atom is 0.0351 e. The molecule has 2 heteroatoms. The van der Waals surface area contributed by atoms with Gasteiger partial charge >= 0.3 is 0 Å². The molecule has 0 aliphatic heterocycles. The second-order valence-electron chi connectivity index (χ2n) is 5.69. The number of rotatable bonds is 0. The van der Waals surface area contributed by atoms with E-state index in [1.165, 1.54) is 12.8 Å². The monoisotopic (exact) mass is 504 g/mol. The first-order valence-electron chi connectivity index (χ1n) is 13.5. The summed E-state index contributed by atoms with van der Waals surface area (Å²) in [6, 6.07) is 36.0. The first-order valence-corrected chi connectivity index (χ1v) is 13.5. The quantitative estimate of drug-likeness (QED) is 0.303. The molecule has 0 saturated heterocycles. The Labute approximate surface area is 229 Å². The van der Waals surface area contributed by atoms with E-state index in [0.29, 0.717) is 0 Å². The summed E-state index contributed by atoms with van der Waals surface area (Å²) in [6.45, 7) is 20.5. The third-order valence-electron chi connectivity index (χ3n) is 2.00. The van der Waals surface area contributed by atoms with Crippen molar-refractivity contribution in [2.45, 2.75) is 82.1 Å². The summed E-state index contributed by atoms with van der Waals surface area (Å²) in [5, 5.41) is 0. The highest BCUT2D eigenvalue weighted by atomic mass is 16.5. The molecular weight excluding hydrogens is 440 g/mol. The van der Waals surface area contributed by atoms with Gasteiger partial charge in [0.05, 0.1) is 0 Å². The third kappa shape index (κ3) is 122. The molecule has 3 aromatic carbocycles. The molecule has 0 N–H and O–H groups in total. The van der Waals surface area contributed by atoms with Gasteiger partial charge < -0.3 is 9.47 Å². The van der Waals surface area contributed by atoms with Gasteiger partial charge in [-0.1, -0.05) is 191 Å². The zero-order valence-corrected chi connectivity index (χ0v) is 26.6. The highest BCUT2D eigenvalue weighted by Gasteiger charge is 1.59. The molecule has 0 spiro atoms. The molecule has 3 rings (SSSR count). The predicted molar refractivity (Wildman–Crippen MR) is 171 cm³/mol. The summed E-state index contributed by atoms with van der Waals surface area (Å²) < 4.78 is 8.50. The maximum absolute atomic E-state index is 4.25. The number of benzene rings is 3. The van der Waals surface area contributed by atoms with Crippen LogP contribution in [0.15, 0.2) is 109 Å². The second-order valence-corrected chi connectivity index (χ2v) is 5.69. The Morgan fingerprint density at radius 1 is 0.278 bits per heavy atom. The molecule has 212 valence electrons. The molecule has 0 heterocycles. The number of methoxy groups -OCH3 is 2. The van der Waals surface area contributed by atoms with Crippen molar-refractivity contribution in [3.8, 4) is 0 Å². The Hall–Kier alpha value is -2.42. The first kappa shape index (κ1) is 50.5. The van der Waals surface area contributed by atoms with E-state index in [1.807, 2.05) is 151 Å². The average molecular weight is 505 g/mol. The van der Waals surface area contributed by atoms with Gasteiger partial charge in [-0.3, -0.25) is 0 Å². The van der Waals surface area contributed by atoms with Crippen molar-refractivity contribution in [2.24, 2.45) is 0 Å².